The summed E-state index contributed by atoms with van der Waals surface area (Å²) < 4.78 is 6.96. The summed E-state index contributed by atoms with van der Waals surface area (Å²) in [5.41, 5.74) is 0.818. The third-order valence-electron chi connectivity index (χ3n) is 5.49. The first-order valence-corrected chi connectivity index (χ1v) is 10.5. The van der Waals surface area contributed by atoms with E-state index in [-0.39, 0.29) is 5.56 Å². The van der Waals surface area contributed by atoms with E-state index in [4.69, 9.17) is 16.1 Å². The van der Waals surface area contributed by atoms with E-state index in [0.29, 0.717) is 35.3 Å². The van der Waals surface area contributed by atoms with Crippen LogP contribution in [-0.4, -0.2) is 55.9 Å². The molecule has 0 bridgehead atoms. The van der Waals surface area contributed by atoms with Crippen molar-refractivity contribution < 1.29 is 4.52 Å². The van der Waals surface area contributed by atoms with Gasteiger partial charge in [0, 0.05) is 42.2 Å². The van der Waals surface area contributed by atoms with Crippen molar-refractivity contribution >= 4 is 22.4 Å². The van der Waals surface area contributed by atoms with E-state index < -0.39 is 0 Å². The zero-order chi connectivity index (χ0) is 21.2. The molecule has 8 nitrogen and oxygen atoms in total. The molecule has 158 valence electrons. The monoisotopic (exact) mass is 436 g/mol. The molecule has 0 radical (unpaired) electrons. The van der Waals surface area contributed by atoms with Gasteiger partial charge in [-0.25, -0.2) is 4.68 Å². The van der Waals surface area contributed by atoms with E-state index in [0.717, 1.165) is 37.1 Å². The molecule has 0 spiro atoms. The van der Waals surface area contributed by atoms with Gasteiger partial charge in [-0.1, -0.05) is 35.0 Å². The summed E-state index contributed by atoms with van der Waals surface area (Å²) in [7, 11) is 0. The van der Waals surface area contributed by atoms with Crippen LogP contribution in [0.5, 0.6) is 0 Å². The summed E-state index contributed by atoms with van der Waals surface area (Å²) in [4.78, 5) is 21.7. The third-order valence-corrected chi connectivity index (χ3v) is 5.74. The van der Waals surface area contributed by atoms with Crippen LogP contribution in [0.2, 0.25) is 5.02 Å². The average molecular weight is 437 g/mol. The second-order valence-electron chi connectivity index (χ2n) is 7.59. The van der Waals surface area contributed by atoms with Crippen LogP contribution < -0.4 is 5.56 Å². The molecule has 9 heteroatoms. The Morgan fingerprint density at radius 2 is 1.71 bits per heavy atom. The van der Waals surface area contributed by atoms with Gasteiger partial charge in [0.25, 0.3) is 5.56 Å². The summed E-state index contributed by atoms with van der Waals surface area (Å²) in [6.07, 6.45) is 1.75. The summed E-state index contributed by atoms with van der Waals surface area (Å²) in [5, 5.41) is 10.6. The highest BCUT2D eigenvalue weighted by Gasteiger charge is 2.20. The fourth-order valence-corrected chi connectivity index (χ4v) is 3.86. The molecule has 5 rings (SSSR count). The first-order chi connectivity index (χ1) is 15.2. The molecular formula is C22H21ClN6O2. The predicted octanol–water partition coefficient (Wildman–Crippen LogP) is 2.88. The van der Waals surface area contributed by atoms with Crippen molar-refractivity contribution in [1.82, 2.24) is 29.7 Å². The van der Waals surface area contributed by atoms with E-state index in [9.17, 15) is 4.79 Å². The van der Waals surface area contributed by atoms with Crippen molar-refractivity contribution in [2.75, 3.05) is 26.2 Å². The summed E-state index contributed by atoms with van der Waals surface area (Å²) in [6.45, 7) is 4.45. The normalized spacial score (nSPS) is 15.5. The Morgan fingerprint density at radius 3 is 2.52 bits per heavy atom. The molecule has 2 aromatic carbocycles. The Balaban J connectivity index is 1.18. The number of fused-ring (bicyclic) bond motifs is 1. The number of benzene rings is 2. The SMILES string of the molecule is O=c1c2ccccc2cnn1CN1CCN(Cc2nc(-c3ccc(Cl)cc3)no2)CC1. The van der Waals surface area contributed by atoms with Crippen LogP contribution in [0.15, 0.2) is 64.0 Å². The van der Waals surface area contributed by atoms with Crippen molar-refractivity contribution in [3.05, 3.63) is 76.0 Å². The van der Waals surface area contributed by atoms with Crippen LogP contribution in [0.4, 0.5) is 0 Å². The van der Waals surface area contributed by atoms with E-state index in [2.05, 4.69) is 25.0 Å². The highest BCUT2D eigenvalue weighted by Crippen LogP contribution is 2.19. The van der Waals surface area contributed by atoms with Gasteiger partial charge in [0.05, 0.1) is 24.8 Å². The number of halogens is 1. The molecule has 31 heavy (non-hydrogen) atoms. The maximum atomic E-state index is 12.7. The lowest BCUT2D eigenvalue weighted by molar-refractivity contribution is 0.0900. The lowest BCUT2D eigenvalue weighted by Gasteiger charge is -2.33. The molecule has 0 saturated carbocycles. The van der Waals surface area contributed by atoms with Crippen molar-refractivity contribution in [3.8, 4) is 11.4 Å². The van der Waals surface area contributed by atoms with E-state index >= 15 is 0 Å². The summed E-state index contributed by atoms with van der Waals surface area (Å²) in [5.74, 6) is 1.15. The van der Waals surface area contributed by atoms with E-state index in [1.807, 2.05) is 48.5 Å². The molecule has 1 aliphatic heterocycles. The molecule has 4 aromatic rings. The van der Waals surface area contributed by atoms with Crippen LogP contribution in [0, 0.1) is 0 Å². The largest absolute Gasteiger partial charge is 0.338 e. The molecule has 0 aliphatic carbocycles. The van der Waals surface area contributed by atoms with Gasteiger partial charge in [-0.05, 0) is 30.3 Å². The summed E-state index contributed by atoms with van der Waals surface area (Å²) >= 11 is 5.93. The maximum Gasteiger partial charge on any atom is 0.275 e. The predicted molar refractivity (Wildman–Crippen MR) is 118 cm³/mol. The molecule has 1 fully saturated rings. The Labute approximate surface area is 183 Å². The molecule has 2 aromatic heterocycles. The van der Waals surface area contributed by atoms with Gasteiger partial charge in [0.1, 0.15) is 0 Å². The smallest absolute Gasteiger partial charge is 0.275 e. The fraction of sp³-hybridized carbons (Fsp3) is 0.273. The van der Waals surface area contributed by atoms with Crippen molar-refractivity contribution in [3.63, 3.8) is 0 Å². The minimum Gasteiger partial charge on any atom is -0.338 e. The van der Waals surface area contributed by atoms with Crippen molar-refractivity contribution in [1.29, 1.82) is 0 Å². The van der Waals surface area contributed by atoms with E-state index in [1.165, 1.54) is 4.68 Å². The topological polar surface area (TPSA) is 80.3 Å². The van der Waals surface area contributed by atoms with Gasteiger partial charge in [-0.15, -0.1) is 0 Å². The van der Waals surface area contributed by atoms with Crippen LogP contribution in [-0.2, 0) is 13.2 Å². The first kappa shape index (κ1) is 19.9. The molecule has 0 N–H and O–H groups in total. The number of aromatic nitrogens is 4. The lowest BCUT2D eigenvalue weighted by atomic mass is 10.2. The maximum absolute atomic E-state index is 12.7. The Bertz CT molecular complexity index is 1240. The molecule has 0 atom stereocenters. The molecule has 0 unspecified atom stereocenters. The van der Waals surface area contributed by atoms with Gasteiger partial charge in [-0.3, -0.25) is 14.6 Å². The van der Waals surface area contributed by atoms with Gasteiger partial charge >= 0.3 is 0 Å². The van der Waals surface area contributed by atoms with Gasteiger partial charge in [0.2, 0.25) is 11.7 Å². The molecule has 0 amide bonds. The molecular weight excluding hydrogens is 416 g/mol. The molecule has 3 heterocycles. The van der Waals surface area contributed by atoms with Crippen LogP contribution in [0.1, 0.15) is 5.89 Å². The number of rotatable bonds is 5. The number of nitrogens with zero attached hydrogens (tertiary/aromatic N) is 6. The van der Waals surface area contributed by atoms with Crippen LogP contribution in [0.25, 0.3) is 22.2 Å². The quantitative estimate of drug-likeness (QED) is 0.476. The second-order valence-corrected chi connectivity index (χ2v) is 8.03. The van der Waals surface area contributed by atoms with Crippen LogP contribution in [0.3, 0.4) is 0 Å². The Morgan fingerprint density at radius 1 is 0.968 bits per heavy atom. The van der Waals surface area contributed by atoms with Gasteiger partial charge in [-0.2, -0.15) is 10.1 Å². The minimum atomic E-state index is -0.0545. The van der Waals surface area contributed by atoms with Crippen LogP contribution >= 0.6 is 11.6 Å². The van der Waals surface area contributed by atoms with Crippen molar-refractivity contribution in [2.24, 2.45) is 0 Å². The number of hydrogen-bond donors (Lipinski definition) is 0. The van der Waals surface area contributed by atoms with E-state index in [1.54, 1.807) is 6.20 Å². The van der Waals surface area contributed by atoms with Gasteiger partial charge in [0.15, 0.2) is 0 Å². The number of piperazine rings is 1. The lowest BCUT2D eigenvalue weighted by Crippen LogP contribution is -2.47. The summed E-state index contributed by atoms with van der Waals surface area (Å²) in [6, 6.07) is 14.9. The second kappa shape index (κ2) is 8.58. The zero-order valence-corrected chi connectivity index (χ0v) is 17.6. The standard InChI is InChI=1S/C22H21ClN6O2/c23-18-7-5-16(6-8-18)21-25-20(31-26-21)14-27-9-11-28(12-10-27)15-29-22(30)19-4-2-1-3-17(19)13-24-29/h1-8,13H,9-12,14-15H2. The van der Waals surface area contributed by atoms with Gasteiger partial charge < -0.3 is 4.52 Å². The minimum absolute atomic E-state index is 0.0545. The highest BCUT2D eigenvalue weighted by molar-refractivity contribution is 6.30. The zero-order valence-electron chi connectivity index (χ0n) is 16.8. The average Bonchev–Trinajstić information content (AvgIpc) is 3.26. The van der Waals surface area contributed by atoms with Crippen molar-refractivity contribution in [2.45, 2.75) is 13.2 Å². The third kappa shape index (κ3) is 4.36. The Hall–Kier alpha value is -3.07. The molecule has 1 aliphatic rings. The molecule has 1 saturated heterocycles. The Kier molecular flexibility index (Phi) is 5.50. The fourth-order valence-electron chi connectivity index (χ4n) is 3.73. The highest BCUT2D eigenvalue weighted by atomic mass is 35.5. The first-order valence-electron chi connectivity index (χ1n) is 10.1. The number of hydrogen-bond acceptors (Lipinski definition) is 7.